The maximum Gasteiger partial charge on any atom is 0.275 e. The van der Waals surface area contributed by atoms with Gasteiger partial charge in [-0.25, -0.2) is 8.42 Å². The van der Waals surface area contributed by atoms with Gasteiger partial charge in [-0.1, -0.05) is 11.6 Å². The quantitative estimate of drug-likeness (QED) is 0.667. The molecule has 1 fully saturated rings. The minimum Gasteiger partial charge on any atom is -0.395 e. The van der Waals surface area contributed by atoms with Crippen molar-refractivity contribution in [2.45, 2.75) is 30.7 Å². The number of benzene rings is 1. The van der Waals surface area contributed by atoms with E-state index in [1.165, 1.54) is 17.3 Å². The van der Waals surface area contributed by atoms with Crippen LogP contribution < -0.4 is 0 Å². The molecule has 1 N–H and O–H groups in total. The maximum atomic E-state index is 12.6. The Morgan fingerprint density at radius 3 is 2.76 bits per heavy atom. The highest BCUT2D eigenvalue weighted by Crippen LogP contribution is 2.33. The Hall–Kier alpha value is -1.22. The fourth-order valence-electron chi connectivity index (χ4n) is 2.42. The highest BCUT2D eigenvalue weighted by Gasteiger charge is 2.36. The second kappa shape index (κ2) is 5.88. The van der Waals surface area contributed by atoms with Gasteiger partial charge in [0.15, 0.2) is 0 Å². The molecule has 0 amide bonds. The molecule has 0 spiro atoms. The van der Waals surface area contributed by atoms with E-state index in [1.54, 1.807) is 0 Å². The van der Waals surface area contributed by atoms with E-state index in [1.807, 2.05) is 0 Å². The van der Waals surface area contributed by atoms with Crippen molar-refractivity contribution in [3.8, 4) is 0 Å². The predicted octanol–water partition coefficient (Wildman–Crippen LogP) is 1.70. The van der Waals surface area contributed by atoms with Gasteiger partial charge in [-0.2, -0.15) is 4.31 Å². The first-order valence-corrected chi connectivity index (χ1v) is 8.18. The summed E-state index contributed by atoms with van der Waals surface area (Å²) in [6, 6.07) is 1.74. The monoisotopic (exact) mass is 334 g/mol. The first-order chi connectivity index (χ1) is 9.78. The molecule has 0 bridgehead atoms. The fraction of sp³-hybridized carbons (Fsp3) is 0.500. The second-order valence-corrected chi connectivity index (χ2v) is 7.20. The molecule has 2 rings (SSSR count). The molecule has 0 aromatic heterocycles. The SMILES string of the molecule is Cc1c(Cl)cc(S(=O)(=O)N2CCCC2CO)cc1[N+](=O)[O-]. The van der Waals surface area contributed by atoms with Gasteiger partial charge in [-0.05, 0) is 25.8 Å². The first-order valence-electron chi connectivity index (χ1n) is 6.36. The summed E-state index contributed by atoms with van der Waals surface area (Å²) < 4.78 is 26.3. The molecule has 116 valence electrons. The molecule has 9 heteroatoms. The molecule has 1 aromatic carbocycles. The summed E-state index contributed by atoms with van der Waals surface area (Å²) >= 11 is 5.91. The van der Waals surface area contributed by atoms with Gasteiger partial charge in [0.05, 0.1) is 21.4 Å². The fourth-order valence-corrected chi connectivity index (χ4v) is 4.43. The highest BCUT2D eigenvalue weighted by atomic mass is 35.5. The molecule has 0 aliphatic carbocycles. The molecule has 1 saturated heterocycles. The van der Waals surface area contributed by atoms with Crippen LogP contribution in [0.4, 0.5) is 5.69 Å². The van der Waals surface area contributed by atoms with Crippen molar-refractivity contribution in [2.24, 2.45) is 0 Å². The molecule has 0 radical (unpaired) electrons. The van der Waals surface area contributed by atoms with E-state index in [2.05, 4.69) is 0 Å². The van der Waals surface area contributed by atoms with Crippen LogP contribution in [-0.4, -0.2) is 41.9 Å². The number of aliphatic hydroxyl groups is 1. The van der Waals surface area contributed by atoms with Crippen LogP contribution in [0, 0.1) is 17.0 Å². The van der Waals surface area contributed by atoms with Crippen LogP contribution in [0.1, 0.15) is 18.4 Å². The Balaban J connectivity index is 2.53. The van der Waals surface area contributed by atoms with E-state index in [4.69, 9.17) is 11.6 Å². The van der Waals surface area contributed by atoms with Crippen LogP contribution in [0.25, 0.3) is 0 Å². The van der Waals surface area contributed by atoms with E-state index in [0.717, 1.165) is 6.07 Å². The number of nitro benzene ring substituents is 1. The normalized spacial score (nSPS) is 19.9. The number of rotatable bonds is 4. The van der Waals surface area contributed by atoms with Crippen molar-refractivity contribution in [3.63, 3.8) is 0 Å². The number of sulfonamides is 1. The Morgan fingerprint density at radius 2 is 2.19 bits per heavy atom. The van der Waals surface area contributed by atoms with E-state index < -0.39 is 21.0 Å². The van der Waals surface area contributed by atoms with Gasteiger partial charge in [-0.3, -0.25) is 10.1 Å². The average Bonchev–Trinajstić information content (AvgIpc) is 2.90. The Bertz CT molecular complexity index is 676. The Morgan fingerprint density at radius 1 is 1.52 bits per heavy atom. The van der Waals surface area contributed by atoms with Gasteiger partial charge in [0, 0.05) is 24.2 Å². The Labute approximate surface area is 127 Å². The lowest BCUT2D eigenvalue weighted by Crippen LogP contribution is -2.37. The third-order valence-electron chi connectivity index (χ3n) is 3.63. The summed E-state index contributed by atoms with van der Waals surface area (Å²) in [6.07, 6.45) is 1.21. The molecule has 1 aliphatic heterocycles. The van der Waals surface area contributed by atoms with Crippen LogP contribution in [0.3, 0.4) is 0 Å². The van der Waals surface area contributed by atoms with Gasteiger partial charge in [0.25, 0.3) is 5.69 Å². The third kappa shape index (κ3) is 2.89. The van der Waals surface area contributed by atoms with Crippen LogP contribution in [-0.2, 0) is 10.0 Å². The lowest BCUT2D eigenvalue weighted by Gasteiger charge is -2.22. The molecule has 1 aromatic rings. The molecule has 1 aliphatic rings. The standard InChI is InChI=1S/C12H15ClN2O5S/c1-8-11(13)5-10(6-12(8)15(17)18)21(19,20)14-4-2-3-9(14)7-16/h5-6,9,16H,2-4,7H2,1H3. The molecule has 1 heterocycles. The summed E-state index contributed by atoms with van der Waals surface area (Å²) in [4.78, 5) is 10.1. The smallest absolute Gasteiger partial charge is 0.275 e. The van der Waals surface area contributed by atoms with Gasteiger partial charge >= 0.3 is 0 Å². The number of nitrogens with zero attached hydrogens (tertiary/aromatic N) is 2. The maximum absolute atomic E-state index is 12.6. The van der Waals surface area contributed by atoms with Gasteiger partial charge in [-0.15, -0.1) is 0 Å². The van der Waals surface area contributed by atoms with E-state index in [0.29, 0.717) is 12.8 Å². The van der Waals surface area contributed by atoms with Crippen molar-refractivity contribution >= 4 is 27.3 Å². The van der Waals surface area contributed by atoms with Crippen LogP contribution >= 0.6 is 11.6 Å². The van der Waals surface area contributed by atoms with Crippen molar-refractivity contribution in [1.82, 2.24) is 4.31 Å². The molecule has 1 unspecified atom stereocenters. The zero-order chi connectivity index (χ0) is 15.8. The number of halogens is 1. The summed E-state index contributed by atoms with van der Waals surface area (Å²) in [5.41, 5.74) is -0.110. The lowest BCUT2D eigenvalue weighted by molar-refractivity contribution is -0.385. The van der Waals surface area contributed by atoms with E-state index in [-0.39, 0.29) is 34.3 Å². The molecular weight excluding hydrogens is 320 g/mol. The molecule has 7 nitrogen and oxygen atoms in total. The number of hydrogen-bond donors (Lipinski definition) is 1. The zero-order valence-electron chi connectivity index (χ0n) is 11.3. The van der Waals surface area contributed by atoms with E-state index in [9.17, 15) is 23.6 Å². The van der Waals surface area contributed by atoms with Crippen molar-refractivity contribution in [1.29, 1.82) is 0 Å². The molecule has 1 atom stereocenters. The van der Waals surface area contributed by atoms with Gasteiger partial charge < -0.3 is 5.11 Å². The zero-order valence-corrected chi connectivity index (χ0v) is 12.9. The number of aliphatic hydroxyl groups excluding tert-OH is 1. The second-order valence-electron chi connectivity index (χ2n) is 4.90. The number of hydrogen-bond acceptors (Lipinski definition) is 5. The molecule has 21 heavy (non-hydrogen) atoms. The predicted molar refractivity (Wildman–Crippen MR) is 76.8 cm³/mol. The Kier molecular flexibility index (Phi) is 4.52. The van der Waals surface area contributed by atoms with Gasteiger partial charge in [0.2, 0.25) is 10.0 Å². The highest BCUT2D eigenvalue weighted by molar-refractivity contribution is 7.89. The van der Waals surface area contributed by atoms with Crippen molar-refractivity contribution < 1.29 is 18.4 Å². The average molecular weight is 335 g/mol. The van der Waals surface area contributed by atoms with Gasteiger partial charge in [0.1, 0.15) is 0 Å². The van der Waals surface area contributed by atoms with Crippen LogP contribution in [0.2, 0.25) is 5.02 Å². The topological polar surface area (TPSA) is 101 Å². The first kappa shape index (κ1) is 16.2. The molecule has 0 saturated carbocycles. The summed E-state index contributed by atoms with van der Waals surface area (Å²) in [5.74, 6) is 0. The van der Waals surface area contributed by atoms with Crippen LogP contribution in [0.5, 0.6) is 0 Å². The minimum atomic E-state index is -3.91. The summed E-state index contributed by atoms with van der Waals surface area (Å²) in [5, 5.41) is 20.3. The minimum absolute atomic E-state index is 0.0301. The summed E-state index contributed by atoms with van der Waals surface area (Å²) in [7, 11) is -3.91. The number of nitro groups is 1. The van der Waals surface area contributed by atoms with Crippen LogP contribution in [0.15, 0.2) is 17.0 Å². The largest absolute Gasteiger partial charge is 0.395 e. The van der Waals surface area contributed by atoms with Crippen molar-refractivity contribution in [2.75, 3.05) is 13.2 Å². The van der Waals surface area contributed by atoms with E-state index >= 15 is 0 Å². The lowest BCUT2D eigenvalue weighted by atomic mass is 10.2. The summed E-state index contributed by atoms with van der Waals surface area (Å²) in [6.45, 7) is 1.47. The third-order valence-corrected chi connectivity index (χ3v) is 5.95. The molecular formula is C12H15ClN2O5S. The van der Waals surface area contributed by atoms with Crippen molar-refractivity contribution in [3.05, 3.63) is 32.8 Å².